The Balaban J connectivity index is 1.04. The lowest BCUT2D eigenvalue weighted by Gasteiger charge is -2.32. The number of aromatic nitrogens is 2. The number of aromatic amines is 1. The fourth-order valence-electron chi connectivity index (χ4n) is 6.24. The summed E-state index contributed by atoms with van der Waals surface area (Å²) in [5.41, 5.74) is 4.70. The van der Waals surface area contributed by atoms with Crippen LogP contribution in [-0.4, -0.2) is 73.4 Å². The number of imidazole rings is 1. The number of piperazine rings is 1. The van der Waals surface area contributed by atoms with Crippen LogP contribution < -0.4 is 10.0 Å². The summed E-state index contributed by atoms with van der Waals surface area (Å²) in [5.74, 6) is 0.639. The van der Waals surface area contributed by atoms with Crippen LogP contribution in [0.5, 0.6) is 0 Å². The Morgan fingerprint density at radius 1 is 0.955 bits per heavy atom. The van der Waals surface area contributed by atoms with Gasteiger partial charge in [0.15, 0.2) is 0 Å². The van der Waals surface area contributed by atoms with E-state index >= 15 is 0 Å². The summed E-state index contributed by atoms with van der Waals surface area (Å²) in [6, 6.07) is 23.1. The van der Waals surface area contributed by atoms with E-state index in [9.17, 15) is 13.2 Å². The van der Waals surface area contributed by atoms with Crippen LogP contribution in [0, 0.1) is 5.92 Å². The molecule has 2 fully saturated rings. The van der Waals surface area contributed by atoms with Crippen LogP contribution >= 0.6 is 0 Å². The monoisotopic (exact) mass is 614 g/mol. The van der Waals surface area contributed by atoms with E-state index in [1.165, 1.54) is 5.56 Å². The van der Waals surface area contributed by atoms with Gasteiger partial charge in [0.05, 0.1) is 22.0 Å². The minimum Gasteiger partial charge on any atom is -0.349 e. The van der Waals surface area contributed by atoms with Gasteiger partial charge in [0.25, 0.3) is 0 Å². The van der Waals surface area contributed by atoms with E-state index in [-0.39, 0.29) is 28.8 Å². The summed E-state index contributed by atoms with van der Waals surface area (Å²) >= 11 is 0. The lowest BCUT2D eigenvalue weighted by atomic mass is 9.85. The molecule has 10 heteroatoms. The van der Waals surface area contributed by atoms with Crippen molar-refractivity contribution >= 4 is 27.0 Å². The summed E-state index contributed by atoms with van der Waals surface area (Å²) in [5, 5.41) is 3.12. The van der Waals surface area contributed by atoms with Crippen molar-refractivity contribution in [3.05, 3.63) is 83.9 Å². The van der Waals surface area contributed by atoms with Gasteiger partial charge in [-0.25, -0.2) is 18.1 Å². The Morgan fingerprint density at radius 3 is 2.36 bits per heavy atom. The van der Waals surface area contributed by atoms with Gasteiger partial charge in [-0.2, -0.15) is 0 Å². The van der Waals surface area contributed by atoms with Gasteiger partial charge in [0, 0.05) is 50.2 Å². The van der Waals surface area contributed by atoms with Gasteiger partial charge in [-0.3, -0.25) is 9.69 Å². The minimum absolute atomic E-state index is 0.0344. The van der Waals surface area contributed by atoms with Crippen LogP contribution in [0.3, 0.4) is 0 Å². The van der Waals surface area contributed by atoms with Crippen LogP contribution in [-0.2, 0) is 21.4 Å². The zero-order valence-corrected chi connectivity index (χ0v) is 26.3. The van der Waals surface area contributed by atoms with Crippen molar-refractivity contribution in [1.82, 2.24) is 29.8 Å². The van der Waals surface area contributed by atoms with E-state index in [1.54, 1.807) is 18.2 Å². The number of rotatable bonds is 9. The van der Waals surface area contributed by atoms with Crippen molar-refractivity contribution in [1.29, 1.82) is 0 Å². The molecule has 1 saturated heterocycles. The van der Waals surface area contributed by atoms with Gasteiger partial charge >= 0.3 is 0 Å². The molecule has 1 aliphatic heterocycles. The molecule has 3 aromatic carbocycles. The molecular weight excluding hydrogens is 572 g/mol. The largest absolute Gasteiger partial charge is 0.349 e. The van der Waals surface area contributed by atoms with Crippen LogP contribution in [0.4, 0.5) is 0 Å². The van der Waals surface area contributed by atoms with E-state index in [4.69, 9.17) is 4.98 Å². The van der Waals surface area contributed by atoms with Crippen molar-refractivity contribution in [2.75, 3.05) is 33.2 Å². The average Bonchev–Trinajstić information content (AvgIpc) is 3.47. The Morgan fingerprint density at radius 2 is 1.66 bits per heavy atom. The summed E-state index contributed by atoms with van der Waals surface area (Å²) in [7, 11) is -1.57. The Kier molecular flexibility index (Phi) is 9.13. The van der Waals surface area contributed by atoms with Crippen molar-refractivity contribution in [3.8, 4) is 11.4 Å². The molecule has 2 heterocycles. The zero-order valence-electron chi connectivity index (χ0n) is 25.5. The second kappa shape index (κ2) is 13.2. The number of carbonyl (C=O) groups excluding carboxylic acids is 1. The number of likely N-dealkylation sites (N-methyl/N-ethyl adjacent to an activating group) is 1. The summed E-state index contributed by atoms with van der Waals surface area (Å²) in [4.78, 5) is 26.0. The lowest BCUT2D eigenvalue weighted by Crippen LogP contribution is -2.43. The lowest BCUT2D eigenvalue weighted by molar-refractivity contribution is -0.126. The van der Waals surface area contributed by atoms with Gasteiger partial charge in [-0.05, 0) is 69.0 Å². The first kappa shape index (κ1) is 30.5. The highest BCUT2D eigenvalue weighted by atomic mass is 32.2. The van der Waals surface area contributed by atoms with E-state index in [2.05, 4.69) is 56.1 Å². The first-order valence-corrected chi connectivity index (χ1v) is 17.1. The number of hydrogen-bond donors (Lipinski definition) is 3. The molecule has 1 atom stereocenters. The quantitative estimate of drug-likeness (QED) is 0.252. The maximum Gasteiger partial charge on any atom is 0.240 e. The smallest absolute Gasteiger partial charge is 0.240 e. The van der Waals surface area contributed by atoms with Gasteiger partial charge in [-0.1, -0.05) is 54.6 Å². The minimum atomic E-state index is -3.73. The van der Waals surface area contributed by atoms with Crippen LogP contribution in [0.2, 0.25) is 0 Å². The Hall–Kier alpha value is -3.57. The predicted octanol–water partition coefficient (Wildman–Crippen LogP) is 4.69. The number of nitrogens with one attached hydrogen (secondary N) is 3. The van der Waals surface area contributed by atoms with Crippen LogP contribution in [0.1, 0.15) is 49.8 Å². The summed E-state index contributed by atoms with van der Waals surface area (Å²) in [6.07, 6.45) is 2.54. The summed E-state index contributed by atoms with van der Waals surface area (Å²) < 4.78 is 29.5. The van der Waals surface area contributed by atoms with E-state index in [0.29, 0.717) is 37.0 Å². The summed E-state index contributed by atoms with van der Waals surface area (Å²) in [6.45, 7) is 7.27. The first-order valence-electron chi connectivity index (χ1n) is 15.6. The molecule has 1 aromatic heterocycles. The van der Waals surface area contributed by atoms with Crippen molar-refractivity contribution < 1.29 is 13.2 Å². The Bertz CT molecular complexity index is 1670. The molecule has 1 amide bonds. The molecule has 2 aliphatic rings. The van der Waals surface area contributed by atoms with E-state index < -0.39 is 10.0 Å². The first-order chi connectivity index (χ1) is 21.2. The third-order valence-electron chi connectivity index (χ3n) is 9.07. The molecule has 1 saturated carbocycles. The fraction of sp³-hybridized carbons (Fsp3) is 0.412. The molecule has 9 nitrogen and oxygen atoms in total. The van der Waals surface area contributed by atoms with Gasteiger partial charge in [0.2, 0.25) is 15.9 Å². The normalized spacial score (nSPS) is 20.9. The molecule has 0 bridgehead atoms. The van der Waals surface area contributed by atoms with Gasteiger partial charge in [0.1, 0.15) is 5.82 Å². The highest BCUT2D eigenvalue weighted by Gasteiger charge is 2.30. The maximum absolute atomic E-state index is 13.3. The maximum atomic E-state index is 13.3. The third kappa shape index (κ3) is 7.21. The number of sulfonamides is 1. The number of fused-ring (bicyclic) bond motifs is 1. The molecule has 1 aliphatic carbocycles. The number of carbonyl (C=O) groups is 1. The second-order valence-corrected chi connectivity index (χ2v) is 14.1. The standard InChI is InChI=1S/C34H42N6O3S/c1-24(26-6-4-3-5-7-26)35-34(41)28-12-14-29(15-13-28)38-44(42,43)30-16-17-31-32(22-30)37-33(36-31)27-10-8-25(9-11-27)23-40-20-18-39(2)19-21-40/h3-11,16-17,22,24,28-29,38H,12-15,18-21,23H2,1-2H3,(H,35,41)(H,36,37)/t24-,28-,29-/m1/s1. The SMILES string of the molecule is C[C@@H](NC(=O)[C@H]1CC[C@H](NS(=O)(=O)c2ccc3[nH]c(-c4ccc(CN5CCN(C)CC5)cc4)nc3c2)CC1)c1ccccc1. The number of benzene rings is 3. The number of H-pyrrole nitrogens is 1. The topological polar surface area (TPSA) is 110 Å². The molecule has 6 rings (SSSR count). The molecule has 0 unspecified atom stereocenters. The molecule has 0 radical (unpaired) electrons. The Labute approximate surface area is 260 Å². The molecule has 44 heavy (non-hydrogen) atoms. The third-order valence-corrected chi connectivity index (χ3v) is 10.6. The fourth-order valence-corrected chi connectivity index (χ4v) is 7.56. The van der Waals surface area contributed by atoms with Crippen LogP contribution in [0.15, 0.2) is 77.7 Å². The zero-order chi connectivity index (χ0) is 30.7. The molecule has 3 N–H and O–H groups in total. The van der Waals surface area contributed by atoms with Gasteiger partial charge in [-0.15, -0.1) is 0 Å². The highest BCUT2D eigenvalue weighted by molar-refractivity contribution is 7.89. The number of hydrogen-bond acceptors (Lipinski definition) is 6. The average molecular weight is 615 g/mol. The van der Waals surface area contributed by atoms with Crippen molar-refractivity contribution in [2.45, 2.75) is 56.1 Å². The number of nitrogens with zero attached hydrogens (tertiary/aromatic N) is 3. The molecular formula is C34H42N6O3S. The van der Waals surface area contributed by atoms with Crippen molar-refractivity contribution in [2.24, 2.45) is 5.92 Å². The highest BCUT2D eigenvalue weighted by Crippen LogP contribution is 2.28. The molecule has 4 aromatic rings. The molecule has 0 spiro atoms. The van der Waals surface area contributed by atoms with Crippen LogP contribution in [0.25, 0.3) is 22.4 Å². The van der Waals surface area contributed by atoms with E-state index in [0.717, 1.165) is 49.4 Å². The predicted molar refractivity (Wildman–Crippen MR) is 173 cm³/mol. The number of amides is 1. The van der Waals surface area contributed by atoms with Crippen molar-refractivity contribution in [3.63, 3.8) is 0 Å². The second-order valence-electron chi connectivity index (χ2n) is 12.4. The van der Waals surface area contributed by atoms with Gasteiger partial charge < -0.3 is 15.2 Å². The molecule has 232 valence electrons. The van der Waals surface area contributed by atoms with E-state index in [1.807, 2.05) is 37.3 Å².